The molecule has 3 atom stereocenters. The number of rotatable bonds is 2. The molecule has 1 N–H and O–H groups in total. The number of carbonyl (C=O) groups excluding carboxylic acids is 1. The molecule has 1 aromatic heterocycles. The van der Waals surface area contributed by atoms with Gasteiger partial charge in [-0.15, -0.1) is 0 Å². The normalized spacial score (nSPS) is 26.7. The molecule has 0 aliphatic carbocycles. The molecule has 3 unspecified atom stereocenters. The lowest BCUT2D eigenvalue weighted by Gasteiger charge is -2.48. The number of halogens is 3. The lowest BCUT2D eigenvalue weighted by atomic mass is 9.79. The molecule has 2 aliphatic rings. The number of pyridine rings is 1. The second-order valence-electron chi connectivity index (χ2n) is 7.03. The van der Waals surface area contributed by atoms with Gasteiger partial charge in [-0.3, -0.25) is 4.79 Å². The molecule has 5 nitrogen and oxygen atoms in total. The van der Waals surface area contributed by atoms with Crippen molar-refractivity contribution in [1.29, 1.82) is 0 Å². The number of piperidine rings is 1. The molecule has 138 valence electrons. The summed E-state index contributed by atoms with van der Waals surface area (Å²) in [6.07, 6.45) is -3.91. The summed E-state index contributed by atoms with van der Waals surface area (Å²) in [5.41, 5.74) is -0.720. The van der Waals surface area contributed by atoms with Crippen LogP contribution < -0.4 is 9.80 Å². The Labute approximate surface area is 144 Å². The van der Waals surface area contributed by atoms with Crippen LogP contribution in [0.25, 0.3) is 0 Å². The van der Waals surface area contributed by atoms with E-state index < -0.39 is 23.9 Å². The fourth-order valence-electron chi connectivity index (χ4n) is 3.84. The van der Waals surface area contributed by atoms with Gasteiger partial charge in [-0.25, -0.2) is 4.98 Å². The number of anilines is 2. The van der Waals surface area contributed by atoms with Crippen molar-refractivity contribution in [3.05, 3.63) is 17.8 Å². The SMILES string of the molecule is CCN1C(=O)C2CC(C(C)C)C(O)CN2c2ncc(C(F)(F)F)cc21. The van der Waals surface area contributed by atoms with E-state index in [-0.39, 0.29) is 36.5 Å². The van der Waals surface area contributed by atoms with Crippen LogP contribution in [0.3, 0.4) is 0 Å². The van der Waals surface area contributed by atoms with Crippen LogP contribution in [-0.2, 0) is 11.0 Å². The van der Waals surface area contributed by atoms with Gasteiger partial charge in [0.1, 0.15) is 6.04 Å². The van der Waals surface area contributed by atoms with E-state index in [1.165, 1.54) is 4.90 Å². The minimum Gasteiger partial charge on any atom is -0.391 e. The van der Waals surface area contributed by atoms with E-state index in [9.17, 15) is 23.1 Å². The zero-order chi connectivity index (χ0) is 18.5. The number of alkyl halides is 3. The third-order valence-electron chi connectivity index (χ3n) is 5.21. The minimum absolute atomic E-state index is 0.0279. The van der Waals surface area contributed by atoms with Crippen molar-refractivity contribution in [2.45, 2.75) is 45.5 Å². The zero-order valence-electron chi connectivity index (χ0n) is 14.4. The number of likely N-dealkylation sites (N-methyl/N-ethyl adjacent to an activating group) is 1. The maximum atomic E-state index is 13.0. The Morgan fingerprint density at radius 1 is 1.40 bits per heavy atom. The van der Waals surface area contributed by atoms with E-state index in [0.717, 1.165) is 12.3 Å². The molecule has 0 aromatic carbocycles. The molecule has 0 bridgehead atoms. The smallest absolute Gasteiger partial charge is 0.391 e. The Morgan fingerprint density at radius 3 is 2.64 bits per heavy atom. The number of nitrogens with zero attached hydrogens (tertiary/aromatic N) is 3. The van der Waals surface area contributed by atoms with Gasteiger partial charge in [0.25, 0.3) is 0 Å². The zero-order valence-corrected chi connectivity index (χ0v) is 14.4. The van der Waals surface area contributed by atoms with Crippen molar-refractivity contribution in [3.63, 3.8) is 0 Å². The molecular formula is C17H22F3N3O2. The van der Waals surface area contributed by atoms with Crippen LogP contribution in [0.15, 0.2) is 12.3 Å². The molecule has 1 aromatic rings. The Morgan fingerprint density at radius 2 is 2.08 bits per heavy atom. The number of hydrogen-bond donors (Lipinski definition) is 1. The highest BCUT2D eigenvalue weighted by molar-refractivity contribution is 6.05. The van der Waals surface area contributed by atoms with Gasteiger partial charge >= 0.3 is 6.18 Å². The average Bonchev–Trinajstić information content (AvgIpc) is 2.53. The summed E-state index contributed by atoms with van der Waals surface area (Å²) in [4.78, 5) is 19.9. The van der Waals surface area contributed by atoms with Crippen LogP contribution in [0.2, 0.25) is 0 Å². The lowest BCUT2D eigenvalue weighted by molar-refractivity contribution is -0.138. The Balaban J connectivity index is 2.06. The molecule has 1 saturated heterocycles. The number of carbonyl (C=O) groups is 1. The van der Waals surface area contributed by atoms with Crippen LogP contribution in [0.4, 0.5) is 24.7 Å². The summed E-state index contributed by atoms with van der Waals surface area (Å²) >= 11 is 0. The second-order valence-corrected chi connectivity index (χ2v) is 7.03. The third-order valence-corrected chi connectivity index (χ3v) is 5.21. The molecule has 8 heteroatoms. The molecule has 0 spiro atoms. The fraction of sp³-hybridized carbons (Fsp3) is 0.647. The van der Waals surface area contributed by atoms with Gasteiger partial charge in [0.05, 0.1) is 17.4 Å². The van der Waals surface area contributed by atoms with Gasteiger partial charge in [0.15, 0.2) is 5.82 Å². The lowest BCUT2D eigenvalue weighted by Crippen LogP contribution is -2.61. The molecule has 1 fully saturated rings. The molecule has 2 aliphatic heterocycles. The summed E-state index contributed by atoms with van der Waals surface area (Å²) < 4.78 is 39.1. The van der Waals surface area contributed by atoms with Crippen LogP contribution in [0, 0.1) is 11.8 Å². The first-order chi connectivity index (χ1) is 11.6. The highest BCUT2D eigenvalue weighted by atomic mass is 19.4. The minimum atomic E-state index is -4.52. The van der Waals surface area contributed by atoms with Gasteiger partial charge in [0.2, 0.25) is 5.91 Å². The Bertz CT molecular complexity index is 678. The first-order valence-corrected chi connectivity index (χ1v) is 8.48. The molecular weight excluding hydrogens is 335 g/mol. The number of hydrogen-bond acceptors (Lipinski definition) is 4. The van der Waals surface area contributed by atoms with E-state index >= 15 is 0 Å². The molecule has 0 saturated carbocycles. The van der Waals surface area contributed by atoms with Crippen LogP contribution in [-0.4, -0.2) is 41.2 Å². The Kier molecular flexibility index (Phi) is 4.43. The van der Waals surface area contributed by atoms with Crippen LogP contribution in [0.5, 0.6) is 0 Å². The van der Waals surface area contributed by atoms with Crippen molar-refractivity contribution >= 4 is 17.4 Å². The van der Waals surface area contributed by atoms with Crippen molar-refractivity contribution in [1.82, 2.24) is 4.98 Å². The number of fused-ring (bicyclic) bond motifs is 3. The largest absolute Gasteiger partial charge is 0.417 e. The van der Waals surface area contributed by atoms with Gasteiger partial charge in [-0.05, 0) is 31.2 Å². The number of amides is 1. The van der Waals surface area contributed by atoms with Gasteiger partial charge in [-0.1, -0.05) is 13.8 Å². The number of aliphatic hydroxyl groups is 1. The predicted octanol–water partition coefficient (Wildman–Crippen LogP) is 2.68. The summed E-state index contributed by atoms with van der Waals surface area (Å²) in [5, 5.41) is 10.4. The maximum absolute atomic E-state index is 13.0. The molecule has 25 heavy (non-hydrogen) atoms. The monoisotopic (exact) mass is 357 g/mol. The van der Waals surface area contributed by atoms with Gasteiger partial charge in [0, 0.05) is 19.3 Å². The van der Waals surface area contributed by atoms with Crippen molar-refractivity contribution in [3.8, 4) is 0 Å². The summed E-state index contributed by atoms with van der Waals surface area (Å²) in [6, 6.07) is 0.480. The summed E-state index contributed by atoms with van der Waals surface area (Å²) in [5.74, 6) is 0.288. The predicted molar refractivity (Wildman–Crippen MR) is 87.4 cm³/mol. The number of aromatic nitrogens is 1. The van der Waals surface area contributed by atoms with Crippen molar-refractivity contribution in [2.75, 3.05) is 22.9 Å². The van der Waals surface area contributed by atoms with E-state index in [2.05, 4.69) is 4.98 Å². The van der Waals surface area contributed by atoms with E-state index in [0.29, 0.717) is 12.2 Å². The van der Waals surface area contributed by atoms with Crippen molar-refractivity contribution in [2.24, 2.45) is 11.8 Å². The molecule has 3 rings (SSSR count). The van der Waals surface area contributed by atoms with Crippen LogP contribution >= 0.6 is 0 Å². The number of aliphatic hydroxyl groups excluding tert-OH is 1. The van der Waals surface area contributed by atoms with Gasteiger partial charge in [-0.2, -0.15) is 13.2 Å². The first kappa shape index (κ1) is 18.0. The highest BCUT2D eigenvalue weighted by Gasteiger charge is 2.46. The van der Waals surface area contributed by atoms with E-state index in [1.54, 1.807) is 11.8 Å². The molecule has 0 radical (unpaired) electrons. The second kappa shape index (κ2) is 6.16. The van der Waals surface area contributed by atoms with E-state index in [4.69, 9.17) is 0 Å². The topological polar surface area (TPSA) is 56.7 Å². The highest BCUT2D eigenvalue weighted by Crippen LogP contribution is 2.42. The maximum Gasteiger partial charge on any atom is 0.417 e. The molecule has 1 amide bonds. The standard InChI is InChI=1S/C17H22F3N3O2/c1-4-22-12-5-10(17(18,19)20)7-21-15(12)23-8-14(24)11(9(2)3)6-13(23)16(22)25/h5,7,9,11,13-14,24H,4,6,8H2,1-3H3. The summed E-state index contributed by atoms with van der Waals surface area (Å²) in [7, 11) is 0. The van der Waals surface area contributed by atoms with Gasteiger partial charge < -0.3 is 14.9 Å². The fourth-order valence-corrected chi connectivity index (χ4v) is 3.84. The van der Waals surface area contributed by atoms with Crippen molar-refractivity contribution < 1.29 is 23.1 Å². The Hall–Kier alpha value is -1.83. The quantitative estimate of drug-likeness (QED) is 0.884. The summed E-state index contributed by atoms with van der Waals surface area (Å²) in [6.45, 7) is 6.19. The van der Waals surface area contributed by atoms with E-state index in [1.807, 2.05) is 13.8 Å². The van der Waals surface area contributed by atoms with Crippen LogP contribution in [0.1, 0.15) is 32.8 Å². The third kappa shape index (κ3) is 2.96. The first-order valence-electron chi connectivity index (χ1n) is 8.48. The molecule has 3 heterocycles. The average molecular weight is 357 g/mol.